The highest BCUT2D eigenvalue weighted by atomic mass is 35.5. The predicted octanol–water partition coefficient (Wildman–Crippen LogP) is 6.08. The van der Waals surface area contributed by atoms with E-state index in [2.05, 4.69) is 56.7 Å². The van der Waals surface area contributed by atoms with Crippen molar-refractivity contribution in [2.75, 3.05) is 12.3 Å². The molecule has 1 unspecified atom stereocenters. The lowest BCUT2D eigenvalue weighted by Gasteiger charge is -2.36. The first-order valence-electron chi connectivity index (χ1n) is 12.4. The fourth-order valence-electron chi connectivity index (χ4n) is 3.56. The minimum Gasteiger partial charge on any atom is -0.416 e. The highest BCUT2D eigenvalue weighted by Crippen LogP contribution is 2.37. The molecule has 0 fully saturated rings. The van der Waals surface area contributed by atoms with Gasteiger partial charge in [-0.25, -0.2) is 4.39 Å². The Labute approximate surface area is 239 Å². The molecule has 0 saturated heterocycles. The molecule has 0 saturated carbocycles. The van der Waals surface area contributed by atoms with Crippen LogP contribution in [0.4, 0.5) is 10.4 Å². The van der Waals surface area contributed by atoms with Gasteiger partial charge >= 0.3 is 6.01 Å². The fraction of sp³-hybridized carbons (Fsp3) is 0.407. The third-order valence-corrected chi connectivity index (χ3v) is 12.3. The van der Waals surface area contributed by atoms with Crippen LogP contribution in [0.25, 0.3) is 0 Å². The first kappa shape index (κ1) is 30.6. The number of carbonyl (C=O) groups is 1. The smallest absolute Gasteiger partial charge is 0.312 e. The monoisotopic (exact) mass is 589 g/mol. The van der Waals surface area contributed by atoms with E-state index in [0.29, 0.717) is 23.6 Å². The van der Waals surface area contributed by atoms with Crippen LogP contribution in [0.5, 0.6) is 0 Å². The van der Waals surface area contributed by atoms with Gasteiger partial charge in [0.2, 0.25) is 11.8 Å². The Morgan fingerprint density at radius 1 is 1.26 bits per heavy atom. The van der Waals surface area contributed by atoms with Crippen molar-refractivity contribution in [1.82, 2.24) is 15.1 Å². The number of hydrogen-bond donors (Lipinski definition) is 2. The lowest BCUT2D eigenvalue weighted by molar-refractivity contribution is -0.132. The first-order chi connectivity index (χ1) is 18.2. The van der Waals surface area contributed by atoms with Crippen LogP contribution < -0.4 is 5.73 Å². The molecule has 0 bridgehead atoms. The molecule has 0 aliphatic heterocycles. The maximum atomic E-state index is 14.7. The third-order valence-electron chi connectivity index (χ3n) is 6.91. The highest BCUT2D eigenvalue weighted by Gasteiger charge is 2.37. The minimum atomic E-state index is -1.90. The quantitative estimate of drug-likeness (QED) is 0.217. The van der Waals surface area contributed by atoms with Crippen LogP contribution in [0.15, 0.2) is 40.8 Å². The topological polar surface area (TPSA) is 118 Å². The first-order valence-corrected chi connectivity index (χ1v) is 16.2. The Bertz CT molecular complexity index is 1370. The number of nitrogens with two attached hydrogens (primary N) is 1. The second-order valence-electron chi connectivity index (χ2n) is 10.8. The van der Waals surface area contributed by atoms with Gasteiger partial charge in [-0.2, -0.15) is 17.9 Å². The van der Waals surface area contributed by atoms with Gasteiger partial charge in [-0.1, -0.05) is 55.7 Å². The SMILES string of the molecule is CC(C)(C)[Si](C)(C)OCCc1ccc(Cl)c(C(S)C(=O)N(Cc2nnc(N)o2)Cc2ccc(C#N)cc2F)c1. The second kappa shape index (κ2) is 12.5. The number of nitrogen functional groups attached to an aromatic ring is 1. The summed E-state index contributed by atoms with van der Waals surface area (Å²) in [5.41, 5.74) is 7.39. The standard InChI is InChI=1S/C27H33ClFN5O3SSi/c1-27(2,3)39(4,5)36-11-10-17-7-9-21(28)20(12-17)24(38)25(35)34(16-23-32-33-26(31)37-23)15-19-8-6-18(14-30)13-22(19)29/h6-9,12-13,24,38H,10-11,15-16H2,1-5H3,(H2,31,33). The summed E-state index contributed by atoms with van der Waals surface area (Å²) in [6.45, 7) is 11.3. The Kier molecular flexibility index (Phi) is 9.82. The van der Waals surface area contributed by atoms with Crippen LogP contribution in [-0.4, -0.2) is 35.9 Å². The summed E-state index contributed by atoms with van der Waals surface area (Å²) in [5.74, 6) is -0.983. The lowest BCUT2D eigenvalue weighted by atomic mass is 10.0. The van der Waals surface area contributed by atoms with Crippen LogP contribution in [0.2, 0.25) is 23.2 Å². The molecule has 39 heavy (non-hydrogen) atoms. The van der Waals surface area contributed by atoms with Crippen molar-refractivity contribution < 1.29 is 18.0 Å². The normalized spacial score (nSPS) is 12.7. The molecular formula is C27H33ClFN5O3SSi. The maximum absolute atomic E-state index is 14.7. The summed E-state index contributed by atoms with van der Waals surface area (Å²) in [7, 11) is -1.90. The summed E-state index contributed by atoms with van der Waals surface area (Å²) in [4.78, 5) is 15.0. The Hall–Kier alpha value is -2.91. The van der Waals surface area contributed by atoms with Gasteiger partial charge in [-0.3, -0.25) is 4.79 Å². The molecule has 0 radical (unpaired) electrons. The van der Waals surface area contributed by atoms with Crippen LogP contribution in [-0.2, 0) is 28.7 Å². The highest BCUT2D eigenvalue weighted by molar-refractivity contribution is 7.81. The molecular weight excluding hydrogens is 557 g/mol. The number of anilines is 1. The molecule has 1 amide bonds. The van der Waals surface area contributed by atoms with E-state index in [-0.39, 0.29) is 41.2 Å². The number of hydrogen-bond acceptors (Lipinski definition) is 8. The second-order valence-corrected chi connectivity index (χ2v) is 16.5. The van der Waals surface area contributed by atoms with E-state index >= 15 is 0 Å². The van der Waals surface area contributed by atoms with Gasteiger partial charge < -0.3 is 19.5 Å². The van der Waals surface area contributed by atoms with Gasteiger partial charge in [0, 0.05) is 23.7 Å². The number of benzene rings is 2. The van der Waals surface area contributed by atoms with Gasteiger partial charge in [-0.05, 0) is 53.9 Å². The van der Waals surface area contributed by atoms with Gasteiger partial charge in [0.15, 0.2) is 8.32 Å². The molecule has 8 nitrogen and oxygen atoms in total. The molecule has 3 aromatic rings. The Morgan fingerprint density at radius 3 is 2.56 bits per heavy atom. The summed E-state index contributed by atoms with van der Waals surface area (Å²) in [5, 5.41) is 16.0. The van der Waals surface area contributed by atoms with Gasteiger partial charge in [0.25, 0.3) is 0 Å². The van der Waals surface area contributed by atoms with Crippen LogP contribution in [0.1, 0.15) is 54.2 Å². The molecule has 0 aliphatic carbocycles. The summed E-state index contributed by atoms with van der Waals surface area (Å²) < 4.78 is 26.3. The summed E-state index contributed by atoms with van der Waals surface area (Å²) in [6.07, 6.45) is 0.646. The zero-order valence-corrected chi connectivity index (χ0v) is 25.3. The number of nitrogens with zero attached hydrogens (tertiary/aromatic N) is 4. The fourth-order valence-corrected chi connectivity index (χ4v) is 5.29. The number of nitriles is 1. The average Bonchev–Trinajstić information content (AvgIpc) is 3.28. The number of rotatable bonds is 10. The van der Waals surface area contributed by atoms with E-state index < -0.39 is 25.3 Å². The maximum Gasteiger partial charge on any atom is 0.312 e. The van der Waals surface area contributed by atoms with Gasteiger partial charge in [0.05, 0.1) is 18.2 Å². The predicted molar refractivity (Wildman–Crippen MR) is 154 cm³/mol. The zero-order chi connectivity index (χ0) is 29.0. The number of amides is 1. The molecule has 1 heterocycles. The molecule has 0 aliphatic rings. The molecule has 2 aromatic carbocycles. The van der Waals surface area contributed by atoms with Crippen LogP contribution in [0, 0.1) is 17.1 Å². The van der Waals surface area contributed by atoms with Crippen LogP contribution in [0.3, 0.4) is 0 Å². The van der Waals surface area contributed by atoms with E-state index in [4.69, 9.17) is 31.4 Å². The van der Waals surface area contributed by atoms with Crippen molar-refractivity contribution in [1.29, 1.82) is 5.26 Å². The molecule has 208 valence electrons. The van der Waals surface area contributed by atoms with E-state index in [1.54, 1.807) is 6.07 Å². The van der Waals surface area contributed by atoms with Crippen molar-refractivity contribution >= 4 is 44.5 Å². The lowest BCUT2D eigenvalue weighted by Crippen LogP contribution is -2.41. The summed E-state index contributed by atoms with van der Waals surface area (Å²) >= 11 is 11.1. The average molecular weight is 590 g/mol. The number of thiol groups is 1. The van der Waals surface area contributed by atoms with Crippen molar-refractivity contribution in [2.24, 2.45) is 0 Å². The molecule has 3 rings (SSSR count). The van der Waals surface area contributed by atoms with E-state index in [9.17, 15) is 9.18 Å². The van der Waals surface area contributed by atoms with E-state index in [1.165, 1.54) is 17.0 Å². The molecule has 1 atom stereocenters. The van der Waals surface area contributed by atoms with E-state index in [0.717, 1.165) is 11.6 Å². The van der Waals surface area contributed by atoms with Crippen molar-refractivity contribution in [3.63, 3.8) is 0 Å². The largest absolute Gasteiger partial charge is 0.416 e. The Morgan fingerprint density at radius 2 is 1.97 bits per heavy atom. The van der Waals surface area contributed by atoms with Crippen LogP contribution >= 0.6 is 24.2 Å². The molecule has 12 heteroatoms. The number of carbonyl (C=O) groups excluding carboxylic acids is 1. The minimum absolute atomic E-state index is 0.0815. The van der Waals surface area contributed by atoms with Gasteiger partial charge in [-0.15, -0.1) is 5.10 Å². The van der Waals surface area contributed by atoms with Gasteiger partial charge in [0.1, 0.15) is 11.1 Å². The van der Waals surface area contributed by atoms with Crippen molar-refractivity contribution in [2.45, 2.75) is 63.7 Å². The van der Waals surface area contributed by atoms with Crippen molar-refractivity contribution in [3.8, 4) is 6.07 Å². The molecule has 0 spiro atoms. The Balaban J connectivity index is 1.83. The third kappa shape index (κ3) is 7.82. The van der Waals surface area contributed by atoms with E-state index in [1.807, 2.05) is 18.2 Å². The number of aromatic nitrogens is 2. The molecule has 1 aromatic heterocycles. The zero-order valence-electron chi connectivity index (χ0n) is 22.7. The number of halogens is 2. The summed E-state index contributed by atoms with van der Waals surface area (Å²) in [6, 6.07) is 11.3. The molecule has 2 N–H and O–H groups in total. The van der Waals surface area contributed by atoms with Crippen molar-refractivity contribution in [3.05, 3.63) is 75.4 Å².